The van der Waals surface area contributed by atoms with Crippen LogP contribution in [0.3, 0.4) is 0 Å². The molecule has 9 N–H and O–H groups in total. The van der Waals surface area contributed by atoms with Gasteiger partial charge in [0, 0.05) is 13.1 Å². The molecule has 0 aromatic heterocycles. The van der Waals surface area contributed by atoms with Gasteiger partial charge in [0.25, 0.3) is 0 Å². The molecule has 0 aliphatic heterocycles. The molecule has 0 aromatic rings. The maximum absolute atomic E-state index is 5.21. The third-order valence-corrected chi connectivity index (χ3v) is 0.760. The molecule has 0 atom stereocenters. The van der Waals surface area contributed by atoms with Gasteiger partial charge in [-0.1, -0.05) is 0 Å². The second kappa shape index (κ2) is 4.66. The fraction of sp³-hybridized carbons (Fsp3) is 1.00. The molecule has 0 bridgehead atoms. The summed E-state index contributed by atoms with van der Waals surface area (Å²) in [7, 11) is 0. The van der Waals surface area contributed by atoms with Gasteiger partial charge in [-0.25, -0.2) is 0 Å². The SMILES string of the molecule is NC(N)CNCC(N)N. The minimum Gasteiger partial charge on any atom is -0.315 e. The molecule has 0 heterocycles. The van der Waals surface area contributed by atoms with Crippen LogP contribution in [0, 0.1) is 0 Å². The highest BCUT2D eigenvalue weighted by Crippen LogP contribution is 1.61. The number of nitrogens with two attached hydrogens (primary N) is 4. The van der Waals surface area contributed by atoms with Gasteiger partial charge in [0.15, 0.2) is 0 Å². The van der Waals surface area contributed by atoms with Gasteiger partial charge in [0.2, 0.25) is 0 Å². The Bertz CT molecular complexity index is 54.0. The van der Waals surface area contributed by atoms with E-state index in [0.29, 0.717) is 13.1 Å². The van der Waals surface area contributed by atoms with E-state index in [1.807, 2.05) is 0 Å². The summed E-state index contributed by atoms with van der Waals surface area (Å²) in [5.74, 6) is 0. The maximum Gasteiger partial charge on any atom is 0.0649 e. The summed E-state index contributed by atoms with van der Waals surface area (Å²) >= 11 is 0. The van der Waals surface area contributed by atoms with Crippen LogP contribution in [-0.4, -0.2) is 25.4 Å². The van der Waals surface area contributed by atoms with Crippen molar-refractivity contribution in [3.8, 4) is 0 Å². The zero-order chi connectivity index (χ0) is 7.28. The lowest BCUT2D eigenvalue weighted by Crippen LogP contribution is -2.47. The Balaban J connectivity index is 2.91. The summed E-state index contributed by atoms with van der Waals surface area (Å²) in [6, 6.07) is 0. The van der Waals surface area contributed by atoms with Gasteiger partial charge in [-0.2, -0.15) is 0 Å². The number of nitrogens with one attached hydrogen (secondary N) is 1. The summed E-state index contributed by atoms with van der Waals surface area (Å²) < 4.78 is 0. The molecule has 0 rings (SSSR count). The van der Waals surface area contributed by atoms with Crippen molar-refractivity contribution >= 4 is 0 Å². The van der Waals surface area contributed by atoms with E-state index in [9.17, 15) is 0 Å². The second-order valence-corrected chi connectivity index (χ2v) is 1.99. The third-order valence-electron chi connectivity index (χ3n) is 0.760. The highest BCUT2D eigenvalue weighted by atomic mass is 15.0. The number of rotatable bonds is 4. The van der Waals surface area contributed by atoms with Crippen molar-refractivity contribution in [1.82, 2.24) is 5.32 Å². The Morgan fingerprint density at radius 1 is 0.889 bits per heavy atom. The van der Waals surface area contributed by atoms with Crippen molar-refractivity contribution in [2.75, 3.05) is 13.1 Å². The smallest absolute Gasteiger partial charge is 0.0649 e. The summed E-state index contributed by atoms with van der Waals surface area (Å²) in [4.78, 5) is 0. The van der Waals surface area contributed by atoms with Crippen LogP contribution in [0.5, 0.6) is 0 Å². The molecule has 0 aliphatic carbocycles. The third kappa shape index (κ3) is 7.80. The van der Waals surface area contributed by atoms with E-state index in [0.717, 1.165) is 0 Å². The monoisotopic (exact) mass is 133 g/mol. The molecule has 5 heteroatoms. The normalized spacial score (nSPS) is 11.3. The lowest BCUT2D eigenvalue weighted by atomic mass is 10.4. The quantitative estimate of drug-likeness (QED) is 0.263. The molecule has 0 aromatic carbocycles. The van der Waals surface area contributed by atoms with Crippen LogP contribution < -0.4 is 28.3 Å². The van der Waals surface area contributed by atoms with Crippen LogP contribution in [0.1, 0.15) is 0 Å². The predicted octanol–water partition coefficient (Wildman–Crippen LogP) is -2.94. The van der Waals surface area contributed by atoms with E-state index in [1.54, 1.807) is 0 Å². The van der Waals surface area contributed by atoms with Gasteiger partial charge >= 0.3 is 0 Å². The average Bonchev–Trinajstić information content (AvgIpc) is 1.63. The van der Waals surface area contributed by atoms with Crippen LogP contribution >= 0.6 is 0 Å². The Labute approximate surface area is 54.7 Å². The van der Waals surface area contributed by atoms with Crippen molar-refractivity contribution in [3.63, 3.8) is 0 Å². The highest BCUT2D eigenvalue weighted by molar-refractivity contribution is 4.59. The molecule has 0 radical (unpaired) electrons. The molecule has 0 unspecified atom stereocenters. The molecule has 0 spiro atoms. The summed E-state index contributed by atoms with van der Waals surface area (Å²) in [6.45, 7) is 1.09. The van der Waals surface area contributed by atoms with Crippen molar-refractivity contribution in [2.45, 2.75) is 12.3 Å². The van der Waals surface area contributed by atoms with Gasteiger partial charge in [0.05, 0.1) is 12.3 Å². The Morgan fingerprint density at radius 2 is 1.22 bits per heavy atom. The van der Waals surface area contributed by atoms with Crippen LogP contribution in [0.25, 0.3) is 0 Å². The van der Waals surface area contributed by atoms with Gasteiger partial charge < -0.3 is 28.3 Å². The minimum atomic E-state index is -0.330. The van der Waals surface area contributed by atoms with E-state index in [-0.39, 0.29) is 12.3 Å². The van der Waals surface area contributed by atoms with Crippen molar-refractivity contribution in [3.05, 3.63) is 0 Å². The standard InChI is InChI=1S/C4H15N5/c5-3(6)1-9-2-4(7)8/h3-4,9H,1-2,5-8H2. The molecular formula is C4H15N5. The molecule has 9 heavy (non-hydrogen) atoms. The summed E-state index contributed by atoms with van der Waals surface area (Å²) in [5.41, 5.74) is 20.8. The highest BCUT2D eigenvalue weighted by Gasteiger charge is 1.94. The Hall–Kier alpha value is -0.200. The van der Waals surface area contributed by atoms with Gasteiger partial charge in [-0.3, -0.25) is 0 Å². The second-order valence-electron chi connectivity index (χ2n) is 1.99. The van der Waals surface area contributed by atoms with E-state index in [1.165, 1.54) is 0 Å². The topological polar surface area (TPSA) is 116 Å². The lowest BCUT2D eigenvalue weighted by Gasteiger charge is -2.08. The zero-order valence-corrected chi connectivity index (χ0v) is 5.38. The molecule has 5 nitrogen and oxygen atoms in total. The Kier molecular flexibility index (Phi) is 4.55. The molecule has 56 valence electrons. The first kappa shape index (κ1) is 8.80. The Morgan fingerprint density at radius 3 is 1.44 bits per heavy atom. The van der Waals surface area contributed by atoms with E-state index >= 15 is 0 Å². The fourth-order valence-corrected chi connectivity index (χ4v) is 0.417. The van der Waals surface area contributed by atoms with E-state index in [4.69, 9.17) is 22.9 Å². The largest absolute Gasteiger partial charge is 0.315 e. The van der Waals surface area contributed by atoms with Gasteiger partial charge in [-0.05, 0) is 0 Å². The fourth-order valence-electron chi connectivity index (χ4n) is 0.417. The molecule has 0 saturated heterocycles. The van der Waals surface area contributed by atoms with E-state index in [2.05, 4.69) is 5.32 Å². The number of hydrogen-bond acceptors (Lipinski definition) is 5. The van der Waals surface area contributed by atoms with Crippen molar-refractivity contribution < 1.29 is 0 Å². The van der Waals surface area contributed by atoms with Crippen molar-refractivity contribution in [2.24, 2.45) is 22.9 Å². The lowest BCUT2D eigenvalue weighted by molar-refractivity contribution is 0.546. The maximum atomic E-state index is 5.21. The first-order valence-electron chi connectivity index (χ1n) is 2.86. The van der Waals surface area contributed by atoms with Crippen LogP contribution in [0.2, 0.25) is 0 Å². The number of hydrogen-bond donors (Lipinski definition) is 5. The zero-order valence-electron chi connectivity index (χ0n) is 5.38. The van der Waals surface area contributed by atoms with Gasteiger partial charge in [0.1, 0.15) is 0 Å². The first-order valence-corrected chi connectivity index (χ1v) is 2.86. The molecule has 0 amide bonds. The van der Waals surface area contributed by atoms with Crippen LogP contribution in [0.4, 0.5) is 0 Å². The minimum absolute atomic E-state index is 0.330. The molecule has 0 fully saturated rings. The predicted molar refractivity (Wildman–Crippen MR) is 37.2 cm³/mol. The molecule has 0 aliphatic rings. The van der Waals surface area contributed by atoms with Gasteiger partial charge in [-0.15, -0.1) is 0 Å². The molecular weight excluding hydrogens is 118 g/mol. The summed E-state index contributed by atoms with van der Waals surface area (Å²) in [5, 5.41) is 2.88. The van der Waals surface area contributed by atoms with Crippen LogP contribution in [-0.2, 0) is 0 Å². The molecule has 0 saturated carbocycles. The van der Waals surface area contributed by atoms with Crippen molar-refractivity contribution in [1.29, 1.82) is 0 Å². The van der Waals surface area contributed by atoms with E-state index < -0.39 is 0 Å². The summed E-state index contributed by atoms with van der Waals surface area (Å²) in [6.07, 6.45) is -0.660. The average molecular weight is 133 g/mol. The van der Waals surface area contributed by atoms with Crippen LogP contribution in [0.15, 0.2) is 0 Å². The first-order chi connectivity index (χ1) is 4.13.